The minimum atomic E-state index is 0.0203. The maximum atomic E-state index is 12.8. The summed E-state index contributed by atoms with van der Waals surface area (Å²) in [5.41, 5.74) is 3.19. The van der Waals surface area contributed by atoms with Crippen molar-refractivity contribution in [2.75, 3.05) is 6.61 Å². The molecular weight excluding hydrogens is 250 g/mol. The van der Waals surface area contributed by atoms with Crippen molar-refractivity contribution in [3.63, 3.8) is 0 Å². The monoisotopic (exact) mass is 271 g/mol. The lowest BCUT2D eigenvalue weighted by Crippen LogP contribution is -2.23. The third-order valence-electron chi connectivity index (χ3n) is 4.36. The molecule has 1 aliphatic heterocycles. The van der Waals surface area contributed by atoms with Crippen molar-refractivity contribution in [3.8, 4) is 0 Å². The van der Waals surface area contributed by atoms with Gasteiger partial charge in [0.25, 0.3) is 0 Å². The third kappa shape index (κ3) is 2.06. The fraction of sp³-hybridized carbons (Fsp3) is 0.471. The number of Topliss-reactive ketones (excluding diaryl/α,β-unsaturated/α-hetero) is 1. The molecule has 3 rings (SSSR count). The minimum Gasteiger partial charge on any atom is -0.377 e. The van der Waals surface area contributed by atoms with Crippen LogP contribution in [0.1, 0.15) is 35.7 Å². The zero-order valence-corrected chi connectivity index (χ0v) is 12.3. The summed E-state index contributed by atoms with van der Waals surface area (Å²) in [5.74, 6) is 0.260. The number of nitrogens with zero attached hydrogens (tertiary/aromatic N) is 1. The van der Waals surface area contributed by atoms with E-state index >= 15 is 0 Å². The van der Waals surface area contributed by atoms with E-state index in [-0.39, 0.29) is 17.8 Å². The van der Waals surface area contributed by atoms with Crippen LogP contribution in [-0.2, 0) is 11.8 Å². The Balaban J connectivity index is 2.04. The highest BCUT2D eigenvalue weighted by Gasteiger charge is 2.34. The van der Waals surface area contributed by atoms with Crippen molar-refractivity contribution >= 4 is 16.7 Å². The van der Waals surface area contributed by atoms with Gasteiger partial charge in [0.1, 0.15) is 0 Å². The van der Waals surface area contributed by atoms with Crippen molar-refractivity contribution in [3.05, 3.63) is 35.5 Å². The van der Waals surface area contributed by atoms with Crippen LogP contribution in [0.5, 0.6) is 0 Å². The summed E-state index contributed by atoms with van der Waals surface area (Å²) in [7, 11) is 2.00. The molecule has 3 heteroatoms. The molecule has 1 fully saturated rings. The largest absolute Gasteiger partial charge is 0.377 e. The van der Waals surface area contributed by atoms with Crippen LogP contribution < -0.4 is 0 Å². The van der Waals surface area contributed by atoms with Crippen LogP contribution in [0.25, 0.3) is 10.9 Å². The van der Waals surface area contributed by atoms with Gasteiger partial charge in [-0.15, -0.1) is 0 Å². The van der Waals surface area contributed by atoms with Crippen LogP contribution in [0.3, 0.4) is 0 Å². The third-order valence-corrected chi connectivity index (χ3v) is 4.36. The van der Waals surface area contributed by atoms with Crippen LogP contribution in [-0.4, -0.2) is 23.1 Å². The molecule has 1 aromatic heterocycles. The van der Waals surface area contributed by atoms with Gasteiger partial charge in [0, 0.05) is 36.3 Å². The summed E-state index contributed by atoms with van der Waals surface area (Å²) in [6.45, 7) is 4.87. The molecule has 3 nitrogen and oxygen atoms in total. The van der Waals surface area contributed by atoms with Crippen LogP contribution >= 0.6 is 0 Å². The first-order chi connectivity index (χ1) is 9.61. The van der Waals surface area contributed by atoms with Gasteiger partial charge >= 0.3 is 0 Å². The fourth-order valence-electron chi connectivity index (χ4n) is 3.24. The molecule has 2 unspecified atom stereocenters. The Morgan fingerprint density at radius 2 is 2.25 bits per heavy atom. The number of benzene rings is 1. The normalized spacial score (nSPS) is 22.6. The number of rotatable bonds is 3. The number of aryl methyl sites for hydroxylation is 2. The molecular formula is C17H21NO2. The lowest BCUT2D eigenvalue weighted by Gasteiger charge is -2.15. The highest BCUT2D eigenvalue weighted by Crippen LogP contribution is 2.30. The molecule has 106 valence electrons. The first-order valence-electron chi connectivity index (χ1n) is 7.33. The summed E-state index contributed by atoms with van der Waals surface area (Å²) in [6, 6.07) is 6.27. The average Bonchev–Trinajstić information content (AvgIpc) is 3.03. The van der Waals surface area contributed by atoms with E-state index in [2.05, 4.69) is 32.0 Å². The highest BCUT2D eigenvalue weighted by molar-refractivity contribution is 6.09. The molecule has 2 aromatic rings. The number of fused-ring (bicyclic) bond motifs is 1. The molecule has 2 atom stereocenters. The van der Waals surface area contributed by atoms with Gasteiger partial charge in [0.05, 0.1) is 12.0 Å². The number of carbonyl (C=O) groups excluding carboxylic acids is 1. The van der Waals surface area contributed by atoms with Gasteiger partial charge in [-0.1, -0.05) is 19.1 Å². The van der Waals surface area contributed by atoms with E-state index in [0.717, 1.165) is 29.3 Å². The van der Waals surface area contributed by atoms with Crippen molar-refractivity contribution in [1.29, 1.82) is 0 Å². The summed E-state index contributed by atoms with van der Waals surface area (Å²) >= 11 is 0. The van der Waals surface area contributed by atoms with Crippen LogP contribution in [0.2, 0.25) is 0 Å². The SMILES string of the molecule is CCC1OCCC1C(=O)c1cn(C)c2cc(C)ccc12. The van der Waals surface area contributed by atoms with E-state index in [1.54, 1.807) is 0 Å². The predicted molar refractivity (Wildman–Crippen MR) is 80.1 cm³/mol. The average molecular weight is 271 g/mol. The molecule has 1 aliphatic rings. The molecule has 2 heterocycles. The van der Waals surface area contributed by atoms with Crippen LogP contribution in [0.4, 0.5) is 0 Å². The maximum absolute atomic E-state index is 12.8. The molecule has 0 amide bonds. The summed E-state index contributed by atoms with van der Waals surface area (Å²) in [6.07, 6.45) is 3.81. The lowest BCUT2D eigenvalue weighted by molar-refractivity contribution is 0.0690. The van der Waals surface area contributed by atoms with Gasteiger partial charge in [0.2, 0.25) is 0 Å². The Morgan fingerprint density at radius 3 is 3.00 bits per heavy atom. The standard InChI is InChI=1S/C17H21NO2/c1-4-16-13(7-8-20-16)17(19)14-10-18(3)15-9-11(2)5-6-12(14)15/h5-6,9-10,13,16H,4,7-8H2,1-3H3. The first kappa shape index (κ1) is 13.4. The number of ether oxygens (including phenoxy) is 1. The number of carbonyl (C=O) groups is 1. The quantitative estimate of drug-likeness (QED) is 0.800. The smallest absolute Gasteiger partial charge is 0.170 e. The van der Waals surface area contributed by atoms with Gasteiger partial charge in [-0.2, -0.15) is 0 Å². The second-order valence-electron chi connectivity index (χ2n) is 5.75. The second-order valence-corrected chi connectivity index (χ2v) is 5.75. The van der Waals surface area contributed by atoms with Crippen molar-refractivity contribution in [2.24, 2.45) is 13.0 Å². The van der Waals surface area contributed by atoms with Gasteiger partial charge < -0.3 is 9.30 Å². The van der Waals surface area contributed by atoms with Crippen LogP contribution in [0.15, 0.2) is 24.4 Å². The molecule has 1 aromatic carbocycles. The van der Waals surface area contributed by atoms with Gasteiger partial charge in [-0.05, 0) is 31.4 Å². The Labute approximate surface area is 119 Å². The molecule has 0 bridgehead atoms. The second kappa shape index (κ2) is 5.06. The first-order valence-corrected chi connectivity index (χ1v) is 7.33. The Kier molecular flexibility index (Phi) is 3.38. The number of hydrogen-bond donors (Lipinski definition) is 0. The van der Waals surface area contributed by atoms with E-state index < -0.39 is 0 Å². The van der Waals surface area contributed by atoms with Crippen molar-refractivity contribution in [2.45, 2.75) is 32.8 Å². The Bertz CT molecular complexity index is 656. The lowest BCUT2D eigenvalue weighted by atomic mass is 9.90. The van der Waals surface area contributed by atoms with E-state index in [4.69, 9.17) is 4.74 Å². The Morgan fingerprint density at radius 1 is 1.45 bits per heavy atom. The van der Waals surface area contributed by atoms with Crippen LogP contribution in [0, 0.1) is 12.8 Å². The molecule has 0 aliphatic carbocycles. The highest BCUT2D eigenvalue weighted by atomic mass is 16.5. The fourth-order valence-corrected chi connectivity index (χ4v) is 3.24. The molecule has 0 radical (unpaired) electrons. The van der Waals surface area contributed by atoms with Gasteiger partial charge in [-0.3, -0.25) is 4.79 Å². The van der Waals surface area contributed by atoms with E-state index in [1.807, 2.05) is 17.8 Å². The van der Waals surface area contributed by atoms with E-state index in [9.17, 15) is 4.79 Å². The summed E-state index contributed by atoms with van der Waals surface area (Å²) in [4.78, 5) is 12.8. The minimum absolute atomic E-state index is 0.0203. The Hall–Kier alpha value is -1.61. The number of hydrogen-bond acceptors (Lipinski definition) is 2. The summed E-state index contributed by atoms with van der Waals surface area (Å²) in [5, 5.41) is 1.06. The maximum Gasteiger partial charge on any atom is 0.170 e. The van der Waals surface area contributed by atoms with Crippen molar-refractivity contribution in [1.82, 2.24) is 4.57 Å². The molecule has 0 spiro atoms. The van der Waals surface area contributed by atoms with E-state index in [0.29, 0.717) is 6.61 Å². The molecule has 0 N–H and O–H groups in total. The topological polar surface area (TPSA) is 31.2 Å². The molecule has 0 saturated carbocycles. The molecule has 1 saturated heterocycles. The number of ketones is 1. The summed E-state index contributed by atoms with van der Waals surface area (Å²) < 4.78 is 7.72. The van der Waals surface area contributed by atoms with Gasteiger partial charge in [-0.25, -0.2) is 0 Å². The zero-order chi connectivity index (χ0) is 14.3. The predicted octanol–water partition coefficient (Wildman–Crippen LogP) is 3.48. The molecule has 20 heavy (non-hydrogen) atoms. The van der Waals surface area contributed by atoms with Gasteiger partial charge in [0.15, 0.2) is 5.78 Å². The number of aromatic nitrogens is 1. The van der Waals surface area contributed by atoms with E-state index in [1.165, 1.54) is 5.56 Å². The van der Waals surface area contributed by atoms with Crippen molar-refractivity contribution < 1.29 is 9.53 Å². The zero-order valence-electron chi connectivity index (χ0n) is 12.3.